The van der Waals surface area contributed by atoms with Crippen LogP contribution >= 0.6 is 15.9 Å². The van der Waals surface area contributed by atoms with Crippen LogP contribution in [0.1, 0.15) is 32.8 Å². The Morgan fingerprint density at radius 1 is 1.32 bits per heavy atom. The van der Waals surface area contributed by atoms with Crippen molar-refractivity contribution in [1.82, 2.24) is 0 Å². The van der Waals surface area contributed by atoms with E-state index in [1.54, 1.807) is 0 Å². The van der Waals surface area contributed by atoms with Crippen LogP contribution in [-0.4, -0.2) is 32.2 Å². The molecule has 1 saturated heterocycles. The van der Waals surface area contributed by atoms with Crippen LogP contribution in [0, 0.1) is 12.3 Å². The number of benzene rings is 1. The number of ether oxygens (including phenoxy) is 1. The van der Waals surface area contributed by atoms with E-state index in [1.807, 2.05) is 13.0 Å². The summed E-state index contributed by atoms with van der Waals surface area (Å²) in [4.78, 5) is 14.6. The molecule has 1 heterocycles. The molecule has 0 radical (unpaired) electrons. The molecule has 4 nitrogen and oxygen atoms in total. The summed E-state index contributed by atoms with van der Waals surface area (Å²) in [6, 6.07) is 4.11. The number of aryl methyl sites for hydroxylation is 1. The van der Waals surface area contributed by atoms with E-state index < -0.39 is 0 Å². The number of morpholine rings is 1. The van der Waals surface area contributed by atoms with Crippen molar-refractivity contribution in [2.24, 2.45) is 5.41 Å². The second-order valence-electron chi connectivity index (χ2n) is 7.00. The molecule has 1 aromatic rings. The number of amides is 1. The van der Waals surface area contributed by atoms with Gasteiger partial charge in [0, 0.05) is 24.0 Å². The van der Waals surface area contributed by atoms with Gasteiger partial charge in [-0.05, 0) is 30.0 Å². The molecule has 0 spiro atoms. The van der Waals surface area contributed by atoms with Gasteiger partial charge in [-0.1, -0.05) is 36.7 Å². The van der Waals surface area contributed by atoms with Crippen LogP contribution in [0.4, 0.5) is 11.4 Å². The highest BCUT2D eigenvalue weighted by Gasteiger charge is 2.21. The van der Waals surface area contributed by atoms with Crippen molar-refractivity contribution in [3.8, 4) is 0 Å². The molecule has 1 amide bonds. The van der Waals surface area contributed by atoms with Crippen molar-refractivity contribution in [2.45, 2.75) is 34.1 Å². The van der Waals surface area contributed by atoms with Crippen molar-refractivity contribution in [2.75, 3.05) is 36.5 Å². The zero-order valence-corrected chi connectivity index (χ0v) is 15.4. The smallest absolute Gasteiger partial charge is 0.224 e. The maximum Gasteiger partial charge on any atom is 0.224 e. The predicted octanol–water partition coefficient (Wildman–Crippen LogP) is 3.97. The van der Waals surface area contributed by atoms with E-state index in [9.17, 15) is 4.79 Å². The lowest BCUT2D eigenvalue weighted by Gasteiger charge is -2.31. The summed E-state index contributed by atoms with van der Waals surface area (Å²) in [6.07, 6.45) is 0.505. The highest BCUT2D eigenvalue weighted by molar-refractivity contribution is 9.10. The third kappa shape index (κ3) is 4.71. The van der Waals surface area contributed by atoms with Gasteiger partial charge < -0.3 is 15.0 Å². The SMILES string of the molecule is Cc1cc(Br)cc(N2CCOCC2)c1NC(=O)CC(C)(C)C. The number of anilines is 2. The molecular formula is C17H25BrN2O2. The summed E-state index contributed by atoms with van der Waals surface area (Å²) in [6.45, 7) is 11.4. The molecule has 0 atom stereocenters. The van der Waals surface area contributed by atoms with Crippen molar-refractivity contribution in [1.29, 1.82) is 0 Å². The van der Waals surface area contributed by atoms with Gasteiger partial charge in [0.15, 0.2) is 0 Å². The quantitative estimate of drug-likeness (QED) is 0.877. The lowest BCUT2D eigenvalue weighted by molar-refractivity contribution is -0.117. The van der Waals surface area contributed by atoms with Gasteiger partial charge in [-0.3, -0.25) is 4.79 Å². The Hall–Kier alpha value is -1.07. The van der Waals surface area contributed by atoms with E-state index in [0.29, 0.717) is 6.42 Å². The molecule has 1 aliphatic heterocycles. The molecule has 0 bridgehead atoms. The average molecular weight is 369 g/mol. The third-order valence-corrected chi connectivity index (χ3v) is 4.04. The van der Waals surface area contributed by atoms with Crippen molar-refractivity contribution >= 4 is 33.2 Å². The Labute approximate surface area is 141 Å². The van der Waals surface area contributed by atoms with Crippen molar-refractivity contribution < 1.29 is 9.53 Å². The van der Waals surface area contributed by atoms with Crippen LogP contribution in [0.2, 0.25) is 0 Å². The van der Waals surface area contributed by atoms with Gasteiger partial charge in [-0.25, -0.2) is 0 Å². The van der Waals surface area contributed by atoms with E-state index in [0.717, 1.165) is 47.7 Å². The molecule has 1 fully saturated rings. The number of hydrogen-bond acceptors (Lipinski definition) is 3. The number of carbonyl (C=O) groups is 1. The Kier molecular flexibility index (Phi) is 5.50. The van der Waals surface area contributed by atoms with Crippen molar-refractivity contribution in [3.05, 3.63) is 22.2 Å². The number of nitrogens with one attached hydrogen (secondary N) is 1. The van der Waals surface area contributed by atoms with Crippen LogP contribution in [0.15, 0.2) is 16.6 Å². The summed E-state index contributed by atoms with van der Waals surface area (Å²) in [5.41, 5.74) is 3.03. The molecule has 22 heavy (non-hydrogen) atoms. The summed E-state index contributed by atoms with van der Waals surface area (Å²) in [5.74, 6) is 0.0624. The second kappa shape index (κ2) is 7.01. The summed E-state index contributed by atoms with van der Waals surface area (Å²) < 4.78 is 6.46. The molecule has 0 aromatic heterocycles. The standard InChI is InChI=1S/C17H25BrN2O2/c1-12-9-13(18)10-14(20-5-7-22-8-6-20)16(12)19-15(21)11-17(2,3)4/h9-10H,5-8,11H2,1-4H3,(H,19,21). The molecule has 0 unspecified atom stereocenters. The van der Waals surface area contributed by atoms with Crippen LogP contribution in [0.5, 0.6) is 0 Å². The van der Waals surface area contributed by atoms with Gasteiger partial charge in [0.2, 0.25) is 5.91 Å². The van der Waals surface area contributed by atoms with Gasteiger partial charge in [-0.2, -0.15) is 0 Å². The van der Waals surface area contributed by atoms with E-state index in [1.165, 1.54) is 0 Å². The number of rotatable bonds is 3. The fourth-order valence-electron chi connectivity index (χ4n) is 2.61. The molecule has 0 saturated carbocycles. The van der Waals surface area contributed by atoms with Crippen LogP contribution in [0.25, 0.3) is 0 Å². The van der Waals surface area contributed by atoms with E-state index in [2.05, 4.69) is 53.0 Å². The zero-order chi connectivity index (χ0) is 16.3. The number of hydrogen-bond donors (Lipinski definition) is 1. The summed E-state index contributed by atoms with van der Waals surface area (Å²) >= 11 is 3.56. The molecule has 0 aliphatic carbocycles. The first-order valence-electron chi connectivity index (χ1n) is 7.69. The summed E-state index contributed by atoms with van der Waals surface area (Å²) in [5, 5.41) is 3.12. The van der Waals surface area contributed by atoms with Gasteiger partial charge in [0.05, 0.1) is 24.6 Å². The van der Waals surface area contributed by atoms with Gasteiger partial charge in [-0.15, -0.1) is 0 Å². The average Bonchev–Trinajstić information content (AvgIpc) is 2.40. The largest absolute Gasteiger partial charge is 0.378 e. The summed E-state index contributed by atoms with van der Waals surface area (Å²) in [7, 11) is 0. The minimum atomic E-state index is -0.0213. The lowest BCUT2D eigenvalue weighted by atomic mass is 9.92. The molecule has 122 valence electrons. The minimum absolute atomic E-state index is 0.0213. The molecule has 1 N–H and O–H groups in total. The molecular weight excluding hydrogens is 344 g/mol. The maximum absolute atomic E-state index is 12.3. The highest BCUT2D eigenvalue weighted by Crippen LogP contribution is 2.34. The fraction of sp³-hybridized carbons (Fsp3) is 0.588. The lowest BCUT2D eigenvalue weighted by Crippen LogP contribution is -2.37. The highest BCUT2D eigenvalue weighted by atomic mass is 79.9. The number of halogens is 1. The second-order valence-corrected chi connectivity index (χ2v) is 7.92. The Bertz CT molecular complexity index is 546. The Balaban J connectivity index is 2.27. The van der Waals surface area contributed by atoms with E-state index >= 15 is 0 Å². The zero-order valence-electron chi connectivity index (χ0n) is 13.8. The molecule has 2 rings (SSSR count). The van der Waals surface area contributed by atoms with Gasteiger partial charge in [0.1, 0.15) is 0 Å². The minimum Gasteiger partial charge on any atom is -0.378 e. The van der Waals surface area contributed by atoms with Gasteiger partial charge in [0.25, 0.3) is 0 Å². The molecule has 1 aromatic carbocycles. The van der Waals surface area contributed by atoms with E-state index in [4.69, 9.17) is 4.74 Å². The van der Waals surface area contributed by atoms with Crippen LogP contribution in [-0.2, 0) is 9.53 Å². The Morgan fingerprint density at radius 2 is 1.95 bits per heavy atom. The maximum atomic E-state index is 12.3. The van der Waals surface area contributed by atoms with Crippen molar-refractivity contribution in [3.63, 3.8) is 0 Å². The Morgan fingerprint density at radius 3 is 2.55 bits per heavy atom. The normalized spacial score (nSPS) is 15.8. The predicted molar refractivity (Wildman–Crippen MR) is 94.6 cm³/mol. The number of carbonyl (C=O) groups excluding carboxylic acids is 1. The first-order valence-corrected chi connectivity index (χ1v) is 8.48. The first kappa shape index (κ1) is 17.3. The topological polar surface area (TPSA) is 41.6 Å². The number of nitrogens with zero attached hydrogens (tertiary/aromatic N) is 1. The fourth-order valence-corrected chi connectivity index (χ4v) is 3.17. The molecule has 1 aliphatic rings. The van der Waals surface area contributed by atoms with Crippen LogP contribution < -0.4 is 10.2 Å². The first-order chi connectivity index (χ1) is 10.3. The monoisotopic (exact) mass is 368 g/mol. The van der Waals surface area contributed by atoms with Gasteiger partial charge >= 0.3 is 0 Å². The van der Waals surface area contributed by atoms with Crippen LogP contribution in [0.3, 0.4) is 0 Å². The van der Waals surface area contributed by atoms with E-state index in [-0.39, 0.29) is 11.3 Å². The molecule has 5 heteroatoms. The third-order valence-electron chi connectivity index (χ3n) is 3.59.